The molecule has 0 unspecified atom stereocenters. The van der Waals surface area contributed by atoms with Crippen molar-refractivity contribution in [3.8, 4) is 11.1 Å². The zero-order valence-corrected chi connectivity index (χ0v) is 13.4. The Morgan fingerprint density at radius 2 is 2.08 bits per heavy atom. The molecular formula is C18H18N6. The van der Waals surface area contributed by atoms with Crippen molar-refractivity contribution in [2.45, 2.75) is 25.8 Å². The molecular weight excluding hydrogens is 300 g/mol. The van der Waals surface area contributed by atoms with Crippen molar-refractivity contribution < 1.29 is 0 Å². The van der Waals surface area contributed by atoms with Crippen LogP contribution in [0.25, 0.3) is 22.3 Å². The molecule has 0 radical (unpaired) electrons. The Kier molecular flexibility index (Phi) is 2.85. The van der Waals surface area contributed by atoms with Crippen LogP contribution in [0.4, 0.5) is 5.95 Å². The van der Waals surface area contributed by atoms with Crippen LogP contribution in [0, 0.1) is 5.92 Å². The molecule has 6 heteroatoms. The molecule has 4 aromatic rings. The summed E-state index contributed by atoms with van der Waals surface area (Å²) in [5, 5.41) is 8.01. The second-order valence-electron chi connectivity index (χ2n) is 6.52. The van der Waals surface area contributed by atoms with Crippen LogP contribution in [0.5, 0.6) is 0 Å². The lowest BCUT2D eigenvalue weighted by molar-refractivity contribution is 0.681. The van der Waals surface area contributed by atoms with Gasteiger partial charge in [0.25, 0.3) is 0 Å². The summed E-state index contributed by atoms with van der Waals surface area (Å²) in [6.07, 6.45) is 12.3. The van der Waals surface area contributed by atoms with Crippen molar-refractivity contribution in [2.75, 3.05) is 5.32 Å². The first kappa shape index (κ1) is 13.5. The maximum Gasteiger partial charge on any atom is 0.241 e. The van der Waals surface area contributed by atoms with E-state index in [1.54, 1.807) is 6.20 Å². The fraction of sp³-hybridized carbons (Fsp3) is 0.278. The Morgan fingerprint density at radius 3 is 2.96 bits per heavy atom. The van der Waals surface area contributed by atoms with E-state index in [1.165, 1.54) is 12.8 Å². The summed E-state index contributed by atoms with van der Waals surface area (Å²) in [6.45, 7) is 2.20. The number of fused-ring (bicyclic) bond motifs is 2. The molecule has 1 atom stereocenters. The van der Waals surface area contributed by atoms with E-state index < -0.39 is 0 Å². The van der Waals surface area contributed by atoms with E-state index in [1.807, 2.05) is 33.6 Å². The second kappa shape index (κ2) is 5.06. The van der Waals surface area contributed by atoms with E-state index in [4.69, 9.17) is 0 Å². The molecule has 0 aliphatic heterocycles. The average molecular weight is 318 g/mol. The third kappa shape index (κ3) is 2.22. The molecule has 0 spiro atoms. The third-order valence-corrected chi connectivity index (χ3v) is 4.80. The molecule has 1 aliphatic rings. The molecule has 4 aromatic heterocycles. The lowest BCUT2D eigenvalue weighted by atomic mass is 10.1. The van der Waals surface area contributed by atoms with Crippen molar-refractivity contribution in [2.24, 2.45) is 5.92 Å². The topological polar surface area (TPSA) is 59.5 Å². The molecule has 0 amide bonds. The number of hydrogen-bond donors (Lipinski definition) is 1. The van der Waals surface area contributed by atoms with Gasteiger partial charge < -0.3 is 9.72 Å². The lowest BCUT2D eigenvalue weighted by Crippen LogP contribution is -2.19. The fourth-order valence-corrected chi connectivity index (χ4v) is 3.21. The van der Waals surface area contributed by atoms with Crippen molar-refractivity contribution in [1.29, 1.82) is 0 Å². The van der Waals surface area contributed by atoms with E-state index >= 15 is 0 Å². The zero-order chi connectivity index (χ0) is 16.1. The summed E-state index contributed by atoms with van der Waals surface area (Å²) in [4.78, 5) is 8.79. The van der Waals surface area contributed by atoms with Gasteiger partial charge in [0.05, 0.1) is 11.7 Å². The number of pyridine rings is 1. The van der Waals surface area contributed by atoms with Crippen LogP contribution >= 0.6 is 0 Å². The number of rotatable bonds is 4. The van der Waals surface area contributed by atoms with Gasteiger partial charge in [-0.25, -0.2) is 14.5 Å². The van der Waals surface area contributed by atoms with Gasteiger partial charge in [-0.2, -0.15) is 0 Å². The average Bonchev–Trinajstić information content (AvgIpc) is 3.20. The Balaban J connectivity index is 1.52. The first-order valence-corrected chi connectivity index (χ1v) is 8.32. The van der Waals surface area contributed by atoms with Gasteiger partial charge in [-0.15, -0.1) is 5.10 Å². The highest BCUT2D eigenvalue weighted by molar-refractivity contribution is 5.80. The smallest absolute Gasteiger partial charge is 0.241 e. The predicted molar refractivity (Wildman–Crippen MR) is 93.0 cm³/mol. The summed E-state index contributed by atoms with van der Waals surface area (Å²) in [7, 11) is 0. The Hall–Kier alpha value is -2.89. The van der Waals surface area contributed by atoms with Crippen molar-refractivity contribution >= 4 is 17.1 Å². The fourth-order valence-electron chi connectivity index (χ4n) is 3.21. The number of nitrogens with one attached hydrogen (secondary N) is 1. The van der Waals surface area contributed by atoms with Crippen molar-refractivity contribution in [3.05, 3.63) is 49.2 Å². The largest absolute Gasteiger partial charge is 0.350 e. The number of hydrogen-bond acceptors (Lipinski definition) is 4. The maximum atomic E-state index is 4.60. The minimum absolute atomic E-state index is 0.432. The summed E-state index contributed by atoms with van der Waals surface area (Å²) >= 11 is 0. The van der Waals surface area contributed by atoms with Gasteiger partial charge in [0.1, 0.15) is 5.65 Å². The number of aromatic nitrogens is 5. The Morgan fingerprint density at radius 1 is 1.17 bits per heavy atom. The lowest BCUT2D eigenvalue weighted by Gasteiger charge is -2.12. The second-order valence-corrected chi connectivity index (χ2v) is 6.52. The van der Waals surface area contributed by atoms with Crippen LogP contribution in [0.1, 0.15) is 19.8 Å². The highest BCUT2D eigenvalue weighted by Crippen LogP contribution is 2.33. The minimum atomic E-state index is 0.432. The van der Waals surface area contributed by atoms with Gasteiger partial charge in [0.2, 0.25) is 5.95 Å². The predicted octanol–water partition coefficient (Wildman–Crippen LogP) is 3.25. The molecule has 0 bridgehead atoms. The first-order chi connectivity index (χ1) is 11.8. The SMILES string of the molecule is C[C@H](Nc1ncc2c(-c3ccc4nccn4c3)ccn2n1)C1CC1. The molecule has 0 saturated heterocycles. The van der Waals surface area contributed by atoms with Gasteiger partial charge in [-0.3, -0.25) is 0 Å². The molecule has 24 heavy (non-hydrogen) atoms. The summed E-state index contributed by atoms with van der Waals surface area (Å²) in [6, 6.07) is 6.61. The van der Waals surface area contributed by atoms with Crippen LogP contribution in [0.3, 0.4) is 0 Å². The van der Waals surface area contributed by atoms with Gasteiger partial charge in [0, 0.05) is 42.0 Å². The third-order valence-electron chi connectivity index (χ3n) is 4.80. The molecule has 1 N–H and O–H groups in total. The Labute approximate surface area is 139 Å². The van der Waals surface area contributed by atoms with Crippen LogP contribution in [-0.4, -0.2) is 30.0 Å². The zero-order valence-electron chi connectivity index (χ0n) is 13.4. The number of nitrogens with zero attached hydrogens (tertiary/aromatic N) is 5. The first-order valence-electron chi connectivity index (χ1n) is 8.32. The summed E-state index contributed by atoms with van der Waals surface area (Å²) in [5.74, 6) is 1.46. The van der Waals surface area contributed by atoms with Gasteiger partial charge in [-0.05, 0) is 43.9 Å². The summed E-state index contributed by atoms with van der Waals surface area (Å²) in [5.41, 5.74) is 4.18. The van der Waals surface area contributed by atoms with Gasteiger partial charge in [-0.1, -0.05) is 0 Å². The normalized spacial score (nSPS) is 15.9. The molecule has 1 saturated carbocycles. The van der Waals surface area contributed by atoms with Crippen LogP contribution < -0.4 is 5.32 Å². The van der Waals surface area contributed by atoms with E-state index in [9.17, 15) is 0 Å². The van der Waals surface area contributed by atoms with E-state index in [0.29, 0.717) is 12.0 Å². The highest BCUT2D eigenvalue weighted by atomic mass is 15.3. The quantitative estimate of drug-likeness (QED) is 0.627. The molecule has 5 rings (SSSR count). The molecule has 4 heterocycles. The van der Waals surface area contributed by atoms with Crippen molar-refractivity contribution in [1.82, 2.24) is 24.0 Å². The monoisotopic (exact) mass is 318 g/mol. The maximum absolute atomic E-state index is 4.60. The minimum Gasteiger partial charge on any atom is -0.350 e. The molecule has 1 aliphatic carbocycles. The van der Waals surface area contributed by atoms with Crippen molar-refractivity contribution in [3.63, 3.8) is 0 Å². The van der Waals surface area contributed by atoms with Crippen LogP contribution in [-0.2, 0) is 0 Å². The standard InChI is InChI=1S/C18H18N6/c1-12(13-2-3-13)21-18-20-10-16-15(6-8-24(16)22-18)14-4-5-17-19-7-9-23(17)11-14/h4-13H,2-3H2,1H3,(H,21,22)/t12-/m0/s1. The molecule has 1 fully saturated rings. The molecule has 0 aromatic carbocycles. The van der Waals surface area contributed by atoms with E-state index in [-0.39, 0.29) is 0 Å². The van der Waals surface area contributed by atoms with Crippen LogP contribution in [0.15, 0.2) is 49.2 Å². The number of imidazole rings is 1. The highest BCUT2D eigenvalue weighted by Gasteiger charge is 2.28. The molecule has 6 nitrogen and oxygen atoms in total. The van der Waals surface area contributed by atoms with E-state index in [0.717, 1.165) is 28.2 Å². The molecule has 120 valence electrons. The van der Waals surface area contributed by atoms with Gasteiger partial charge >= 0.3 is 0 Å². The Bertz CT molecular complexity index is 1030. The number of anilines is 1. The van der Waals surface area contributed by atoms with Gasteiger partial charge in [0.15, 0.2) is 0 Å². The van der Waals surface area contributed by atoms with E-state index in [2.05, 4.69) is 45.6 Å². The summed E-state index contributed by atoms with van der Waals surface area (Å²) < 4.78 is 3.91. The van der Waals surface area contributed by atoms with Crippen LogP contribution in [0.2, 0.25) is 0 Å².